The van der Waals surface area contributed by atoms with Gasteiger partial charge in [-0.1, -0.05) is 36.2 Å². The zero-order chi connectivity index (χ0) is 15.2. The monoisotopic (exact) mass is 290 g/mol. The number of carbonyl (C=O) groups is 1. The Bertz CT molecular complexity index is 456. The maximum absolute atomic E-state index is 12.1. The van der Waals surface area contributed by atoms with Gasteiger partial charge in [0.15, 0.2) is 0 Å². The molecule has 2 unspecified atom stereocenters. The first-order chi connectivity index (χ1) is 10.1. The molecule has 0 radical (unpaired) electrons. The van der Waals surface area contributed by atoms with E-state index < -0.39 is 0 Å². The lowest BCUT2D eigenvalue weighted by atomic mass is 9.98. The zero-order valence-electron chi connectivity index (χ0n) is 13.0. The topological polar surface area (TPSA) is 52.6 Å². The number of aliphatic hydroxyl groups excluding tert-OH is 1. The summed E-state index contributed by atoms with van der Waals surface area (Å²) >= 11 is 0. The Morgan fingerprint density at radius 3 is 2.76 bits per heavy atom. The highest BCUT2D eigenvalue weighted by Crippen LogP contribution is 2.19. The molecule has 116 valence electrons. The van der Waals surface area contributed by atoms with Gasteiger partial charge in [0, 0.05) is 12.6 Å². The Hall–Kier alpha value is -1.39. The van der Waals surface area contributed by atoms with Crippen LogP contribution in [0.1, 0.15) is 37.3 Å². The number of aryl methyl sites for hydroxylation is 1. The first kappa shape index (κ1) is 16.0. The summed E-state index contributed by atoms with van der Waals surface area (Å²) in [6.07, 6.45) is 2.84. The van der Waals surface area contributed by atoms with E-state index >= 15 is 0 Å². The molecule has 1 aromatic carbocycles. The van der Waals surface area contributed by atoms with Crippen molar-refractivity contribution in [3.8, 4) is 0 Å². The fraction of sp³-hybridized carbons (Fsp3) is 0.588. The van der Waals surface area contributed by atoms with Crippen LogP contribution in [0.5, 0.6) is 0 Å². The third-order valence-corrected chi connectivity index (χ3v) is 4.18. The fourth-order valence-corrected chi connectivity index (χ4v) is 2.91. The van der Waals surface area contributed by atoms with Crippen molar-refractivity contribution in [2.75, 3.05) is 13.1 Å². The molecule has 2 N–H and O–H groups in total. The minimum atomic E-state index is -0.379. The first-order valence-corrected chi connectivity index (χ1v) is 7.80. The number of piperidine rings is 1. The number of nitrogens with zero attached hydrogens (tertiary/aromatic N) is 1. The van der Waals surface area contributed by atoms with E-state index in [0.29, 0.717) is 13.1 Å². The van der Waals surface area contributed by atoms with E-state index in [1.54, 1.807) is 0 Å². The van der Waals surface area contributed by atoms with Gasteiger partial charge in [-0.05, 0) is 38.8 Å². The number of hydrogen-bond donors (Lipinski definition) is 2. The molecule has 1 aliphatic heterocycles. The lowest BCUT2D eigenvalue weighted by Crippen LogP contribution is -2.49. The van der Waals surface area contributed by atoms with Gasteiger partial charge in [0.05, 0.1) is 12.6 Å². The summed E-state index contributed by atoms with van der Waals surface area (Å²) in [5.41, 5.74) is 2.33. The van der Waals surface area contributed by atoms with E-state index in [1.165, 1.54) is 5.56 Å². The lowest BCUT2D eigenvalue weighted by Gasteiger charge is -2.36. The van der Waals surface area contributed by atoms with Crippen LogP contribution in [0.3, 0.4) is 0 Å². The Balaban J connectivity index is 1.81. The second-order valence-electron chi connectivity index (χ2n) is 6.04. The summed E-state index contributed by atoms with van der Waals surface area (Å²) in [7, 11) is 0. The van der Waals surface area contributed by atoms with Gasteiger partial charge >= 0.3 is 0 Å². The molecule has 1 amide bonds. The van der Waals surface area contributed by atoms with E-state index in [9.17, 15) is 9.90 Å². The molecule has 21 heavy (non-hydrogen) atoms. The van der Waals surface area contributed by atoms with E-state index in [4.69, 9.17) is 0 Å². The molecule has 0 saturated carbocycles. The van der Waals surface area contributed by atoms with Crippen molar-refractivity contribution in [2.24, 2.45) is 0 Å². The summed E-state index contributed by atoms with van der Waals surface area (Å²) in [5, 5.41) is 12.8. The van der Waals surface area contributed by atoms with Crippen LogP contribution in [-0.2, 0) is 11.3 Å². The van der Waals surface area contributed by atoms with Crippen molar-refractivity contribution < 1.29 is 9.90 Å². The standard InChI is InChI=1S/C17H26N2O2/c1-13-6-8-15(9-7-13)11-18-17(21)12-19-10-4-3-5-16(19)14(2)20/h6-9,14,16,20H,3-5,10-12H2,1-2H3,(H,18,21). The predicted octanol–water partition coefficient (Wildman–Crippen LogP) is 1.85. The van der Waals surface area contributed by atoms with E-state index in [-0.39, 0.29) is 18.1 Å². The van der Waals surface area contributed by atoms with Crippen LogP contribution in [0, 0.1) is 6.92 Å². The van der Waals surface area contributed by atoms with Crippen molar-refractivity contribution in [3.05, 3.63) is 35.4 Å². The number of hydrogen-bond acceptors (Lipinski definition) is 3. The molecule has 1 saturated heterocycles. The molecule has 0 aromatic heterocycles. The minimum absolute atomic E-state index is 0.0307. The molecule has 4 heteroatoms. The predicted molar refractivity (Wildman–Crippen MR) is 83.9 cm³/mol. The molecule has 4 nitrogen and oxygen atoms in total. The van der Waals surface area contributed by atoms with Crippen molar-refractivity contribution >= 4 is 5.91 Å². The molecular formula is C17H26N2O2. The van der Waals surface area contributed by atoms with Gasteiger partial charge in [-0.2, -0.15) is 0 Å². The van der Waals surface area contributed by atoms with Crippen LogP contribution in [0.15, 0.2) is 24.3 Å². The van der Waals surface area contributed by atoms with Gasteiger partial charge in [0.25, 0.3) is 0 Å². The smallest absolute Gasteiger partial charge is 0.234 e. The fourth-order valence-electron chi connectivity index (χ4n) is 2.91. The lowest BCUT2D eigenvalue weighted by molar-refractivity contribution is -0.124. The van der Waals surface area contributed by atoms with Gasteiger partial charge in [-0.3, -0.25) is 9.69 Å². The van der Waals surface area contributed by atoms with Gasteiger partial charge < -0.3 is 10.4 Å². The summed E-state index contributed by atoms with van der Waals surface area (Å²) in [6.45, 7) is 5.70. The average Bonchev–Trinajstić information content (AvgIpc) is 2.47. The maximum Gasteiger partial charge on any atom is 0.234 e. The highest BCUT2D eigenvalue weighted by Gasteiger charge is 2.27. The normalized spacial score (nSPS) is 21.0. The second-order valence-corrected chi connectivity index (χ2v) is 6.04. The summed E-state index contributed by atoms with van der Waals surface area (Å²) in [6, 6.07) is 8.29. The highest BCUT2D eigenvalue weighted by molar-refractivity contribution is 5.78. The number of likely N-dealkylation sites (tertiary alicyclic amines) is 1. The molecule has 1 heterocycles. The van der Waals surface area contributed by atoms with Gasteiger partial charge in [0.2, 0.25) is 5.91 Å². The van der Waals surface area contributed by atoms with Gasteiger partial charge in [-0.25, -0.2) is 0 Å². The molecule has 2 atom stereocenters. The van der Waals surface area contributed by atoms with Crippen molar-refractivity contribution in [1.82, 2.24) is 10.2 Å². The summed E-state index contributed by atoms with van der Waals surface area (Å²) in [4.78, 5) is 14.2. The van der Waals surface area contributed by atoms with Crippen molar-refractivity contribution in [2.45, 2.75) is 51.8 Å². The van der Waals surface area contributed by atoms with Crippen LogP contribution in [-0.4, -0.2) is 41.1 Å². The summed E-state index contributed by atoms with van der Waals surface area (Å²) < 4.78 is 0. The minimum Gasteiger partial charge on any atom is -0.392 e. The maximum atomic E-state index is 12.1. The SMILES string of the molecule is Cc1ccc(CNC(=O)CN2CCCCC2C(C)O)cc1. The largest absolute Gasteiger partial charge is 0.392 e. The number of nitrogens with one attached hydrogen (secondary N) is 1. The number of carbonyl (C=O) groups excluding carboxylic acids is 1. The third kappa shape index (κ3) is 4.83. The molecule has 1 aromatic rings. The Morgan fingerprint density at radius 1 is 1.38 bits per heavy atom. The van der Waals surface area contributed by atoms with Crippen LogP contribution in [0.4, 0.5) is 0 Å². The molecule has 1 fully saturated rings. The Morgan fingerprint density at radius 2 is 2.10 bits per heavy atom. The van der Waals surface area contributed by atoms with E-state index in [1.807, 2.05) is 19.1 Å². The molecular weight excluding hydrogens is 264 g/mol. The zero-order valence-corrected chi connectivity index (χ0v) is 13.0. The van der Waals surface area contributed by atoms with Crippen LogP contribution >= 0.6 is 0 Å². The molecule has 2 rings (SSSR count). The van der Waals surface area contributed by atoms with Gasteiger partial charge in [-0.15, -0.1) is 0 Å². The third-order valence-electron chi connectivity index (χ3n) is 4.18. The average molecular weight is 290 g/mol. The first-order valence-electron chi connectivity index (χ1n) is 7.80. The molecule has 0 spiro atoms. The number of aliphatic hydroxyl groups is 1. The number of amides is 1. The van der Waals surface area contributed by atoms with E-state index in [0.717, 1.165) is 31.4 Å². The van der Waals surface area contributed by atoms with E-state index in [2.05, 4.69) is 29.3 Å². The Labute approximate surface area is 127 Å². The summed E-state index contributed by atoms with van der Waals surface area (Å²) in [5.74, 6) is 0.0307. The molecule has 0 aliphatic carbocycles. The second kappa shape index (κ2) is 7.57. The van der Waals surface area contributed by atoms with Crippen molar-refractivity contribution in [3.63, 3.8) is 0 Å². The van der Waals surface area contributed by atoms with Crippen LogP contribution < -0.4 is 5.32 Å². The van der Waals surface area contributed by atoms with Crippen LogP contribution in [0.2, 0.25) is 0 Å². The van der Waals surface area contributed by atoms with Gasteiger partial charge in [0.1, 0.15) is 0 Å². The molecule has 1 aliphatic rings. The quantitative estimate of drug-likeness (QED) is 0.870. The van der Waals surface area contributed by atoms with Crippen molar-refractivity contribution in [1.29, 1.82) is 0 Å². The number of rotatable bonds is 5. The highest BCUT2D eigenvalue weighted by atomic mass is 16.3. The molecule has 0 bridgehead atoms. The van der Waals surface area contributed by atoms with Crippen LogP contribution in [0.25, 0.3) is 0 Å². The Kier molecular flexibility index (Phi) is 5.76. The number of benzene rings is 1.